The Bertz CT molecular complexity index is 625. The van der Waals surface area contributed by atoms with Crippen molar-refractivity contribution in [3.63, 3.8) is 0 Å². The molecule has 1 aromatic rings. The van der Waals surface area contributed by atoms with E-state index in [4.69, 9.17) is 15.9 Å². The van der Waals surface area contributed by atoms with Crippen molar-refractivity contribution in [2.45, 2.75) is 0 Å². The molecule has 1 aliphatic carbocycles. The summed E-state index contributed by atoms with van der Waals surface area (Å²) in [5.74, 6) is 0. The van der Waals surface area contributed by atoms with E-state index in [2.05, 4.69) is 0 Å². The van der Waals surface area contributed by atoms with Crippen molar-refractivity contribution < 1.29 is 4.42 Å². The Balaban J connectivity index is 2.21. The Kier molecular flexibility index (Phi) is 2.05. The molecule has 3 nitrogen and oxygen atoms in total. The summed E-state index contributed by atoms with van der Waals surface area (Å²) in [6.45, 7) is 0. The average Bonchev–Trinajstić information content (AvgIpc) is 2.69. The molecule has 1 heterocycles. The van der Waals surface area contributed by atoms with Crippen LogP contribution in [-0.2, 0) is 0 Å². The maximum absolute atomic E-state index is 6.14. The van der Waals surface area contributed by atoms with Crippen molar-refractivity contribution in [2.75, 3.05) is 11.5 Å². The highest BCUT2D eigenvalue weighted by atomic mass is 16.3. The number of hydrogen-bond acceptors (Lipinski definition) is 3. The molecule has 17 heavy (non-hydrogen) atoms. The van der Waals surface area contributed by atoms with Crippen LogP contribution in [0.15, 0.2) is 53.3 Å². The second-order valence-electron chi connectivity index (χ2n) is 4.02. The highest BCUT2D eigenvalue weighted by Crippen LogP contribution is 2.39. The zero-order valence-electron chi connectivity index (χ0n) is 9.18. The van der Waals surface area contributed by atoms with Crippen molar-refractivity contribution in [1.29, 1.82) is 0 Å². The zero-order valence-corrected chi connectivity index (χ0v) is 9.18. The van der Waals surface area contributed by atoms with Crippen LogP contribution in [0.5, 0.6) is 0 Å². The van der Waals surface area contributed by atoms with Gasteiger partial charge in [-0.05, 0) is 29.8 Å². The third-order valence-electron chi connectivity index (χ3n) is 2.92. The van der Waals surface area contributed by atoms with Crippen molar-refractivity contribution in [3.05, 3.63) is 48.9 Å². The van der Waals surface area contributed by atoms with E-state index in [1.54, 1.807) is 12.5 Å². The predicted octanol–water partition coefficient (Wildman–Crippen LogP) is 3.22. The van der Waals surface area contributed by atoms with Crippen LogP contribution in [0.2, 0.25) is 0 Å². The minimum absolute atomic E-state index is 0.749. The summed E-state index contributed by atoms with van der Waals surface area (Å²) in [5, 5.41) is 0. The van der Waals surface area contributed by atoms with Crippen molar-refractivity contribution in [2.24, 2.45) is 0 Å². The van der Waals surface area contributed by atoms with Crippen LogP contribution in [0.4, 0.5) is 11.4 Å². The Labute approximate surface area is 99.0 Å². The first kappa shape index (κ1) is 9.78. The third kappa shape index (κ3) is 1.52. The van der Waals surface area contributed by atoms with Gasteiger partial charge in [0.2, 0.25) is 0 Å². The number of anilines is 2. The van der Waals surface area contributed by atoms with Crippen molar-refractivity contribution >= 4 is 11.4 Å². The lowest BCUT2D eigenvalue weighted by Crippen LogP contribution is -1.88. The molecule has 0 saturated heterocycles. The molecule has 4 N–H and O–H groups in total. The van der Waals surface area contributed by atoms with Crippen LogP contribution in [0.25, 0.3) is 22.3 Å². The van der Waals surface area contributed by atoms with E-state index in [0.29, 0.717) is 0 Å². The first-order valence-electron chi connectivity index (χ1n) is 5.36. The number of benzene rings is 1. The lowest BCUT2D eigenvalue weighted by atomic mass is 10.1. The maximum atomic E-state index is 6.14. The molecule has 0 unspecified atom stereocenters. The first-order chi connectivity index (χ1) is 8.25. The van der Waals surface area contributed by atoms with Gasteiger partial charge in [0.1, 0.15) is 0 Å². The Morgan fingerprint density at radius 3 is 2.29 bits per heavy atom. The van der Waals surface area contributed by atoms with E-state index in [-0.39, 0.29) is 0 Å². The molecule has 0 aromatic heterocycles. The number of nitrogens with two attached hydrogens (primary N) is 2. The van der Waals surface area contributed by atoms with Gasteiger partial charge in [-0.1, -0.05) is 12.1 Å². The molecule has 0 radical (unpaired) electrons. The fourth-order valence-electron chi connectivity index (χ4n) is 2.02. The van der Waals surface area contributed by atoms with Gasteiger partial charge in [-0.2, -0.15) is 0 Å². The van der Waals surface area contributed by atoms with Gasteiger partial charge in [0.15, 0.2) is 0 Å². The Morgan fingerprint density at radius 2 is 1.59 bits per heavy atom. The summed E-state index contributed by atoms with van der Waals surface area (Å²) in [7, 11) is 0. The monoisotopic (exact) mass is 224 g/mol. The van der Waals surface area contributed by atoms with Gasteiger partial charge in [-0.25, -0.2) is 0 Å². The Morgan fingerprint density at radius 1 is 0.824 bits per heavy atom. The quantitative estimate of drug-likeness (QED) is 0.624. The van der Waals surface area contributed by atoms with Crippen LogP contribution >= 0.6 is 0 Å². The van der Waals surface area contributed by atoms with Gasteiger partial charge >= 0.3 is 0 Å². The minimum Gasteiger partial charge on any atom is -0.472 e. The molecule has 0 atom stereocenters. The molecule has 0 fully saturated rings. The predicted molar refractivity (Wildman–Crippen MR) is 69.6 cm³/mol. The lowest BCUT2D eigenvalue weighted by molar-refractivity contribution is 0.552. The smallest absolute Gasteiger partial charge is 0.0980 e. The summed E-state index contributed by atoms with van der Waals surface area (Å²) in [6, 6.07) is 11.6. The van der Waals surface area contributed by atoms with E-state index in [1.807, 2.05) is 36.4 Å². The Hall–Kier alpha value is -2.42. The third-order valence-corrected chi connectivity index (χ3v) is 2.92. The molecule has 1 aromatic carbocycles. The summed E-state index contributed by atoms with van der Waals surface area (Å²) >= 11 is 0. The molecular weight excluding hydrogens is 212 g/mol. The van der Waals surface area contributed by atoms with E-state index in [0.717, 1.165) is 33.6 Å². The van der Waals surface area contributed by atoms with E-state index in [9.17, 15) is 0 Å². The van der Waals surface area contributed by atoms with E-state index < -0.39 is 0 Å². The SMILES string of the molecule is Nc1ccc(-c2cc3coccc-3c2N)cc1. The van der Waals surface area contributed by atoms with Gasteiger partial charge in [-0.15, -0.1) is 0 Å². The maximum Gasteiger partial charge on any atom is 0.0980 e. The average molecular weight is 224 g/mol. The second-order valence-corrected chi connectivity index (χ2v) is 4.02. The number of rotatable bonds is 1. The summed E-state index contributed by atoms with van der Waals surface area (Å²) < 4.78 is 5.14. The van der Waals surface area contributed by atoms with Gasteiger partial charge < -0.3 is 15.9 Å². The van der Waals surface area contributed by atoms with Crippen LogP contribution in [-0.4, -0.2) is 0 Å². The largest absolute Gasteiger partial charge is 0.472 e. The molecule has 0 spiro atoms. The zero-order chi connectivity index (χ0) is 11.8. The number of nitrogen functional groups attached to an aromatic ring is 2. The summed E-state index contributed by atoms with van der Waals surface area (Å²) in [4.78, 5) is 0. The highest BCUT2D eigenvalue weighted by Gasteiger charge is 2.14. The minimum atomic E-state index is 0.749. The lowest BCUT2D eigenvalue weighted by Gasteiger charge is -2.01. The fourth-order valence-corrected chi connectivity index (χ4v) is 2.02. The summed E-state index contributed by atoms with van der Waals surface area (Å²) in [5.41, 5.74) is 17.4. The van der Waals surface area contributed by atoms with Crippen molar-refractivity contribution in [3.8, 4) is 22.3 Å². The number of fused-ring (bicyclic) bond motifs is 1. The molecule has 1 aliphatic heterocycles. The molecule has 0 bridgehead atoms. The normalized spacial score (nSPS) is 10.8. The molecule has 2 aliphatic rings. The fraction of sp³-hybridized carbons (Fsp3) is 0. The van der Waals surface area contributed by atoms with Gasteiger partial charge in [0.05, 0.1) is 12.5 Å². The van der Waals surface area contributed by atoms with E-state index >= 15 is 0 Å². The second kappa shape index (κ2) is 3.56. The van der Waals surface area contributed by atoms with Crippen LogP contribution in [0.3, 0.4) is 0 Å². The molecular formula is C14H12N2O. The van der Waals surface area contributed by atoms with Gasteiger partial charge in [0, 0.05) is 28.1 Å². The van der Waals surface area contributed by atoms with Crippen LogP contribution in [0, 0.1) is 0 Å². The van der Waals surface area contributed by atoms with E-state index in [1.165, 1.54) is 0 Å². The molecule has 84 valence electrons. The topological polar surface area (TPSA) is 65.2 Å². The van der Waals surface area contributed by atoms with Gasteiger partial charge in [-0.3, -0.25) is 0 Å². The number of hydrogen-bond donors (Lipinski definition) is 2. The molecule has 0 amide bonds. The van der Waals surface area contributed by atoms with Gasteiger partial charge in [0.25, 0.3) is 0 Å². The molecule has 0 saturated carbocycles. The summed E-state index contributed by atoms with van der Waals surface area (Å²) in [6.07, 6.45) is 3.33. The van der Waals surface area contributed by atoms with Crippen LogP contribution in [0.1, 0.15) is 0 Å². The molecule has 3 heteroatoms. The van der Waals surface area contributed by atoms with Crippen molar-refractivity contribution in [1.82, 2.24) is 0 Å². The van der Waals surface area contributed by atoms with Crippen LogP contribution < -0.4 is 11.5 Å². The standard InChI is InChI=1S/C14H12N2O/c15-11-3-1-9(2-4-11)13-7-10-8-17-6-5-12(10)14(13)16/h1-8H,15-16H2. The first-order valence-corrected chi connectivity index (χ1v) is 5.36. The molecule has 3 rings (SSSR count). The highest BCUT2D eigenvalue weighted by molar-refractivity contribution is 5.94.